The van der Waals surface area contributed by atoms with Crippen molar-refractivity contribution in [2.24, 2.45) is 0 Å². The van der Waals surface area contributed by atoms with Crippen molar-refractivity contribution < 1.29 is 4.52 Å². The zero-order chi connectivity index (χ0) is 9.26. The largest absolute Gasteiger partial charge is 0.344 e. The molecule has 0 aliphatic carbocycles. The van der Waals surface area contributed by atoms with Gasteiger partial charge in [0.2, 0.25) is 5.89 Å². The van der Waals surface area contributed by atoms with Crippen LogP contribution in [0.3, 0.4) is 0 Å². The highest BCUT2D eigenvalue weighted by Gasteiger charge is 2.22. The number of hydrogen-bond donors (Lipinski definition) is 1. The molecule has 1 aromatic rings. The van der Waals surface area contributed by atoms with Gasteiger partial charge in [0.1, 0.15) is 0 Å². The Balaban J connectivity index is 2.12. The zero-order valence-electron chi connectivity index (χ0n) is 7.95. The molecule has 0 amide bonds. The highest BCUT2D eigenvalue weighted by Crippen LogP contribution is 2.22. The molecular weight excluding hydrogens is 168 g/mol. The van der Waals surface area contributed by atoms with E-state index in [0.29, 0.717) is 11.8 Å². The van der Waals surface area contributed by atoms with E-state index in [9.17, 15) is 0 Å². The molecule has 72 valence electrons. The maximum absolute atomic E-state index is 5.14. The summed E-state index contributed by atoms with van der Waals surface area (Å²) in [5.74, 6) is 1.35. The second-order valence-electron chi connectivity index (χ2n) is 3.48. The van der Waals surface area contributed by atoms with Gasteiger partial charge in [0, 0.05) is 14.1 Å². The van der Waals surface area contributed by atoms with Gasteiger partial charge in [-0.05, 0) is 24.5 Å². The predicted molar refractivity (Wildman–Crippen MR) is 48.6 cm³/mol. The van der Waals surface area contributed by atoms with E-state index in [-0.39, 0.29) is 6.04 Å². The van der Waals surface area contributed by atoms with Gasteiger partial charge in [0.05, 0.1) is 6.04 Å². The second-order valence-corrected chi connectivity index (χ2v) is 3.48. The molecule has 5 heteroatoms. The third-order valence-corrected chi connectivity index (χ3v) is 2.19. The summed E-state index contributed by atoms with van der Waals surface area (Å²) in [6.07, 6.45) is 2.28. The van der Waals surface area contributed by atoms with Crippen molar-refractivity contribution in [1.82, 2.24) is 15.5 Å². The Morgan fingerprint density at radius 2 is 2.38 bits per heavy atom. The fourth-order valence-electron chi connectivity index (χ4n) is 1.45. The first kappa shape index (κ1) is 8.50. The van der Waals surface area contributed by atoms with Gasteiger partial charge in [-0.1, -0.05) is 0 Å². The lowest BCUT2D eigenvalue weighted by molar-refractivity contribution is 0.344. The van der Waals surface area contributed by atoms with E-state index >= 15 is 0 Å². The number of anilines is 1. The summed E-state index contributed by atoms with van der Waals surface area (Å²) in [6.45, 7) is 1.05. The fourth-order valence-corrected chi connectivity index (χ4v) is 1.45. The standard InChI is InChI=1S/C8H14N4O/c1-12(2)8-10-7(13-11-8)6-4-3-5-9-6/h6,9H,3-5H2,1-2H3. The summed E-state index contributed by atoms with van der Waals surface area (Å²) >= 11 is 0. The Bertz CT molecular complexity index is 277. The summed E-state index contributed by atoms with van der Waals surface area (Å²) in [5.41, 5.74) is 0. The summed E-state index contributed by atoms with van der Waals surface area (Å²) in [4.78, 5) is 6.11. The molecule has 1 unspecified atom stereocenters. The first-order valence-electron chi connectivity index (χ1n) is 4.51. The molecule has 1 N–H and O–H groups in total. The molecule has 0 saturated carbocycles. The quantitative estimate of drug-likeness (QED) is 0.724. The summed E-state index contributed by atoms with van der Waals surface area (Å²) < 4.78 is 5.14. The van der Waals surface area contributed by atoms with Crippen molar-refractivity contribution >= 4 is 5.95 Å². The third-order valence-electron chi connectivity index (χ3n) is 2.19. The molecule has 0 bridgehead atoms. The maximum Gasteiger partial charge on any atom is 0.265 e. The van der Waals surface area contributed by atoms with Crippen LogP contribution in [0.25, 0.3) is 0 Å². The third kappa shape index (κ3) is 1.65. The van der Waals surface area contributed by atoms with Gasteiger partial charge in [-0.3, -0.25) is 0 Å². The van der Waals surface area contributed by atoms with Crippen LogP contribution in [0.5, 0.6) is 0 Å². The summed E-state index contributed by atoms with van der Waals surface area (Å²) in [7, 11) is 3.80. The lowest BCUT2D eigenvalue weighted by atomic mass is 10.2. The van der Waals surface area contributed by atoms with Crippen LogP contribution in [-0.2, 0) is 0 Å². The zero-order valence-corrected chi connectivity index (χ0v) is 7.95. The average molecular weight is 182 g/mol. The van der Waals surface area contributed by atoms with Crippen LogP contribution in [0.2, 0.25) is 0 Å². The van der Waals surface area contributed by atoms with E-state index < -0.39 is 0 Å². The van der Waals surface area contributed by atoms with Crippen molar-refractivity contribution in [2.75, 3.05) is 25.5 Å². The van der Waals surface area contributed by atoms with Crippen LogP contribution < -0.4 is 10.2 Å². The molecule has 1 fully saturated rings. The Hall–Kier alpha value is -1.10. The smallest absolute Gasteiger partial charge is 0.265 e. The molecule has 1 saturated heterocycles. The van der Waals surface area contributed by atoms with Gasteiger partial charge >= 0.3 is 0 Å². The first-order chi connectivity index (χ1) is 6.27. The van der Waals surface area contributed by atoms with Crippen LogP contribution in [0, 0.1) is 0 Å². The number of hydrogen-bond acceptors (Lipinski definition) is 5. The van der Waals surface area contributed by atoms with E-state index in [1.807, 2.05) is 19.0 Å². The first-order valence-corrected chi connectivity index (χ1v) is 4.51. The van der Waals surface area contributed by atoms with E-state index in [1.165, 1.54) is 6.42 Å². The van der Waals surface area contributed by atoms with E-state index in [4.69, 9.17) is 4.52 Å². The summed E-state index contributed by atoms with van der Waals surface area (Å²) in [6, 6.07) is 0.265. The molecule has 1 aliphatic heterocycles. The minimum Gasteiger partial charge on any atom is -0.344 e. The molecule has 1 aromatic heterocycles. The highest BCUT2D eigenvalue weighted by atomic mass is 16.5. The van der Waals surface area contributed by atoms with Gasteiger partial charge in [0.25, 0.3) is 5.95 Å². The molecule has 1 atom stereocenters. The van der Waals surface area contributed by atoms with Crippen LogP contribution in [0.1, 0.15) is 24.8 Å². The maximum atomic E-state index is 5.14. The molecule has 1 aliphatic rings. The molecule has 2 rings (SSSR count). The van der Waals surface area contributed by atoms with E-state index in [0.717, 1.165) is 13.0 Å². The average Bonchev–Trinajstić information content (AvgIpc) is 2.75. The van der Waals surface area contributed by atoms with Gasteiger partial charge in [0.15, 0.2) is 0 Å². The fraction of sp³-hybridized carbons (Fsp3) is 0.750. The monoisotopic (exact) mass is 182 g/mol. The SMILES string of the molecule is CN(C)c1noc(C2CCCN2)n1. The van der Waals surface area contributed by atoms with Crippen molar-refractivity contribution in [1.29, 1.82) is 0 Å². The Morgan fingerprint density at radius 3 is 2.92 bits per heavy atom. The molecule has 0 spiro atoms. The number of nitrogens with zero attached hydrogens (tertiary/aromatic N) is 3. The normalized spacial score (nSPS) is 22.2. The van der Waals surface area contributed by atoms with Gasteiger partial charge < -0.3 is 14.7 Å². The number of rotatable bonds is 2. The highest BCUT2D eigenvalue weighted by molar-refractivity contribution is 5.24. The van der Waals surface area contributed by atoms with Crippen LogP contribution >= 0.6 is 0 Å². The topological polar surface area (TPSA) is 54.2 Å². The summed E-state index contributed by atoms with van der Waals surface area (Å²) in [5, 5.41) is 7.17. The van der Waals surface area contributed by atoms with Crippen LogP contribution in [0.15, 0.2) is 4.52 Å². The molecule has 0 radical (unpaired) electrons. The Labute approximate surface area is 77.1 Å². The van der Waals surface area contributed by atoms with Gasteiger partial charge in [-0.2, -0.15) is 4.98 Å². The van der Waals surface area contributed by atoms with Crippen molar-refractivity contribution in [2.45, 2.75) is 18.9 Å². The Morgan fingerprint density at radius 1 is 1.54 bits per heavy atom. The lowest BCUT2D eigenvalue weighted by Gasteiger charge is -2.04. The molecule has 2 heterocycles. The number of aromatic nitrogens is 2. The van der Waals surface area contributed by atoms with Gasteiger partial charge in [-0.15, -0.1) is 0 Å². The predicted octanol–water partition coefficient (Wildman–Crippen LogP) is 0.560. The minimum absolute atomic E-state index is 0.265. The van der Waals surface area contributed by atoms with Crippen molar-refractivity contribution in [3.63, 3.8) is 0 Å². The lowest BCUT2D eigenvalue weighted by Crippen LogP contribution is -2.14. The number of nitrogens with one attached hydrogen (secondary N) is 1. The second kappa shape index (κ2) is 3.33. The van der Waals surface area contributed by atoms with E-state index in [2.05, 4.69) is 15.5 Å². The van der Waals surface area contributed by atoms with Crippen molar-refractivity contribution in [3.8, 4) is 0 Å². The molecule has 13 heavy (non-hydrogen) atoms. The Kier molecular flexibility index (Phi) is 2.18. The minimum atomic E-state index is 0.265. The van der Waals surface area contributed by atoms with Gasteiger partial charge in [-0.25, -0.2) is 0 Å². The molecule has 5 nitrogen and oxygen atoms in total. The molecular formula is C8H14N4O. The van der Waals surface area contributed by atoms with Crippen LogP contribution in [-0.4, -0.2) is 30.8 Å². The van der Waals surface area contributed by atoms with E-state index in [1.54, 1.807) is 0 Å². The van der Waals surface area contributed by atoms with Crippen molar-refractivity contribution in [3.05, 3.63) is 5.89 Å². The van der Waals surface area contributed by atoms with Crippen LogP contribution in [0.4, 0.5) is 5.95 Å². The molecule has 0 aromatic carbocycles.